The minimum atomic E-state index is -1.70. The molecule has 0 bridgehead atoms. The number of hydrogen-bond acceptors (Lipinski definition) is 3. The lowest BCUT2D eigenvalue weighted by Crippen LogP contribution is -2.22. The van der Waals surface area contributed by atoms with E-state index in [-0.39, 0.29) is 0 Å². The van der Waals surface area contributed by atoms with E-state index in [1.807, 2.05) is 5.32 Å². The van der Waals surface area contributed by atoms with Crippen molar-refractivity contribution in [1.29, 1.82) is 0 Å². The number of benzene rings is 2. The second-order valence-corrected chi connectivity index (χ2v) is 4.72. The SMILES string of the molecule is COc1ccc(NC(=O)CC(=O)Nc2ccc(F)c(F)c2F)cc1. The molecule has 0 aliphatic rings. The number of hydrogen-bond donors (Lipinski definition) is 2. The van der Waals surface area contributed by atoms with Gasteiger partial charge < -0.3 is 15.4 Å². The first kappa shape index (κ1) is 17.3. The number of anilines is 2. The lowest BCUT2D eigenvalue weighted by molar-refractivity contribution is -0.123. The summed E-state index contributed by atoms with van der Waals surface area (Å²) >= 11 is 0. The van der Waals surface area contributed by atoms with Crippen LogP contribution in [0.3, 0.4) is 0 Å². The maximum Gasteiger partial charge on any atom is 0.233 e. The summed E-state index contributed by atoms with van der Waals surface area (Å²) in [4.78, 5) is 23.4. The summed E-state index contributed by atoms with van der Waals surface area (Å²) in [5.41, 5.74) is -0.108. The number of nitrogens with one attached hydrogen (secondary N) is 2. The molecule has 5 nitrogen and oxygen atoms in total. The Hall–Kier alpha value is -3.03. The Kier molecular flexibility index (Phi) is 5.41. The van der Waals surface area contributed by atoms with E-state index in [0.717, 1.165) is 6.07 Å². The third-order valence-corrected chi connectivity index (χ3v) is 3.00. The van der Waals surface area contributed by atoms with Gasteiger partial charge in [0.2, 0.25) is 11.8 Å². The highest BCUT2D eigenvalue weighted by atomic mass is 19.2. The van der Waals surface area contributed by atoms with E-state index in [1.54, 1.807) is 24.3 Å². The molecule has 0 aromatic heterocycles. The van der Waals surface area contributed by atoms with Gasteiger partial charge in [-0.2, -0.15) is 0 Å². The maximum atomic E-state index is 13.4. The van der Waals surface area contributed by atoms with Gasteiger partial charge in [0.25, 0.3) is 0 Å². The molecule has 0 spiro atoms. The van der Waals surface area contributed by atoms with E-state index in [0.29, 0.717) is 17.5 Å². The van der Waals surface area contributed by atoms with Crippen LogP contribution < -0.4 is 15.4 Å². The summed E-state index contributed by atoms with van der Waals surface area (Å²) in [7, 11) is 1.50. The van der Waals surface area contributed by atoms with Crippen LogP contribution in [-0.2, 0) is 9.59 Å². The van der Waals surface area contributed by atoms with Gasteiger partial charge in [0.1, 0.15) is 12.2 Å². The standard InChI is InChI=1S/C16H13F3N2O3/c1-24-10-4-2-9(3-5-10)20-13(22)8-14(23)21-12-7-6-11(17)15(18)16(12)19/h2-7H,8H2,1H3,(H,20,22)(H,21,23). The molecule has 0 atom stereocenters. The van der Waals surface area contributed by atoms with Gasteiger partial charge in [-0.25, -0.2) is 13.2 Å². The third kappa shape index (κ3) is 4.25. The van der Waals surface area contributed by atoms with Crippen LogP contribution in [0.15, 0.2) is 36.4 Å². The van der Waals surface area contributed by atoms with Gasteiger partial charge in [-0.1, -0.05) is 0 Å². The molecule has 0 radical (unpaired) electrons. The Morgan fingerprint density at radius 1 is 0.917 bits per heavy atom. The van der Waals surface area contributed by atoms with Crippen LogP contribution in [0, 0.1) is 17.5 Å². The first-order chi connectivity index (χ1) is 11.4. The molecule has 24 heavy (non-hydrogen) atoms. The predicted molar refractivity (Wildman–Crippen MR) is 81.2 cm³/mol. The molecule has 0 aliphatic heterocycles. The van der Waals surface area contributed by atoms with Crippen LogP contribution in [0.4, 0.5) is 24.5 Å². The Morgan fingerprint density at radius 3 is 2.17 bits per heavy atom. The van der Waals surface area contributed by atoms with E-state index < -0.39 is 41.4 Å². The van der Waals surface area contributed by atoms with Crippen LogP contribution in [-0.4, -0.2) is 18.9 Å². The van der Waals surface area contributed by atoms with E-state index >= 15 is 0 Å². The van der Waals surface area contributed by atoms with Crippen LogP contribution in [0.1, 0.15) is 6.42 Å². The van der Waals surface area contributed by atoms with E-state index in [2.05, 4.69) is 5.32 Å². The van der Waals surface area contributed by atoms with Crippen molar-refractivity contribution >= 4 is 23.2 Å². The van der Waals surface area contributed by atoms with E-state index in [9.17, 15) is 22.8 Å². The zero-order valence-electron chi connectivity index (χ0n) is 12.5. The molecule has 8 heteroatoms. The quantitative estimate of drug-likeness (QED) is 0.650. The predicted octanol–water partition coefficient (Wildman–Crippen LogP) is 3.08. The van der Waals surface area contributed by atoms with Crippen molar-refractivity contribution in [2.75, 3.05) is 17.7 Å². The largest absolute Gasteiger partial charge is 0.497 e. The van der Waals surface area contributed by atoms with Crippen molar-refractivity contribution < 1.29 is 27.5 Å². The number of carbonyl (C=O) groups excluding carboxylic acids is 2. The maximum absolute atomic E-state index is 13.4. The monoisotopic (exact) mass is 338 g/mol. The van der Waals surface area contributed by atoms with Crippen molar-refractivity contribution in [2.45, 2.75) is 6.42 Å². The molecule has 2 aromatic rings. The van der Waals surface area contributed by atoms with Crippen LogP contribution in [0.2, 0.25) is 0 Å². The molecule has 0 fully saturated rings. The fourth-order valence-corrected chi connectivity index (χ4v) is 1.84. The molecule has 2 N–H and O–H groups in total. The third-order valence-electron chi connectivity index (χ3n) is 3.00. The van der Waals surface area contributed by atoms with Crippen molar-refractivity contribution in [3.05, 3.63) is 53.8 Å². The second-order valence-electron chi connectivity index (χ2n) is 4.72. The molecule has 2 aromatic carbocycles. The van der Waals surface area contributed by atoms with Crippen molar-refractivity contribution in [3.8, 4) is 5.75 Å². The Balaban J connectivity index is 1.94. The Morgan fingerprint density at radius 2 is 1.54 bits per heavy atom. The number of methoxy groups -OCH3 is 1. The van der Waals surface area contributed by atoms with Crippen molar-refractivity contribution in [3.63, 3.8) is 0 Å². The number of carbonyl (C=O) groups is 2. The summed E-state index contributed by atoms with van der Waals surface area (Å²) in [6.07, 6.45) is -0.621. The smallest absolute Gasteiger partial charge is 0.233 e. The topological polar surface area (TPSA) is 67.4 Å². The highest BCUT2D eigenvalue weighted by Crippen LogP contribution is 2.20. The Bertz CT molecular complexity index is 764. The average molecular weight is 338 g/mol. The molecule has 0 heterocycles. The molecule has 0 aliphatic carbocycles. The van der Waals surface area contributed by atoms with Gasteiger partial charge in [0.05, 0.1) is 12.8 Å². The summed E-state index contributed by atoms with van der Waals surface area (Å²) < 4.78 is 44.3. The molecule has 2 rings (SSSR count). The van der Waals surface area contributed by atoms with Crippen molar-refractivity contribution in [2.24, 2.45) is 0 Å². The molecule has 0 saturated heterocycles. The zero-order chi connectivity index (χ0) is 17.7. The van der Waals surface area contributed by atoms with Crippen LogP contribution in [0.25, 0.3) is 0 Å². The van der Waals surface area contributed by atoms with E-state index in [1.165, 1.54) is 7.11 Å². The highest BCUT2D eigenvalue weighted by molar-refractivity contribution is 6.08. The number of rotatable bonds is 5. The molecule has 0 saturated carbocycles. The van der Waals surface area contributed by atoms with E-state index in [4.69, 9.17) is 4.74 Å². The van der Waals surface area contributed by atoms with Crippen LogP contribution in [0.5, 0.6) is 5.75 Å². The van der Waals surface area contributed by atoms with Gasteiger partial charge >= 0.3 is 0 Å². The molecular weight excluding hydrogens is 325 g/mol. The summed E-state index contributed by atoms with van der Waals surface area (Å²) in [5, 5.41) is 4.47. The zero-order valence-corrected chi connectivity index (χ0v) is 12.5. The number of halogens is 3. The lowest BCUT2D eigenvalue weighted by atomic mass is 10.2. The number of ether oxygens (including phenoxy) is 1. The lowest BCUT2D eigenvalue weighted by Gasteiger charge is -2.08. The normalized spacial score (nSPS) is 10.2. The molecular formula is C16H13F3N2O3. The fourth-order valence-electron chi connectivity index (χ4n) is 1.84. The average Bonchev–Trinajstić information content (AvgIpc) is 2.56. The van der Waals surface area contributed by atoms with Gasteiger partial charge in [-0.3, -0.25) is 9.59 Å². The van der Waals surface area contributed by atoms with Crippen molar-refractivity contribution in [1.82, 2.24) is 0 Å². The molecule has 2 amide bonds. The molecule has 0 unspecified atom stereocenters. The van der Waals surface area contributed by atoms with Gasteiger partial charge in [0, 0.05) is 5.69 Å². The van der Waals surface area contributed by atoms with Gasteiger partial charge in [0.15, 0.2) is 17.5 Å². The summed E-state index contributed by atoms with van der Waals surface area (Å²) in [6, 6.07) is 7.92. The Labute approximate surface area is 135 Å². The minimum Gasteiger partial charge on any atom is -0.497 e. The number of amides is 2. The second kappa shape index (κ2) is 7.49. The highest BCUT2D eigenvalue weighted by Gasteiger charge is 2.16. The van der Waals surface area contributed by atoms with Crippen LogP contribution >= 0.6 is 0 Å². The first-order valence-corrected chi connectivity index (χ1v) is 6.78. The summed E-state index contributed by atoms with van der Waals surface area (Å²) in [6.45, 7) is 0. The van der Waals surface area contributed by atoms with Gasteiger partial charge in [-0.05, 0) is 36.4 Å². The fraction of sp³-hybridized carbons (Fsp3) is 0.125. The minimum absolute atomic E-state index is 0.438. The van der Waals surface area contributed by atoms with Gasteiger partial charge in [-0.15, -0.1) is 0 Å². The summed E-state index contributed by atoms with van der Waals surface area (Å²) in [5.74, 6) is -5.52. The first-order valence-electron chi connectivity index (χ1n) is 6.78. The molecule has 126 valence electrons.